The number of fused-ring (bicyclic) bond motifs is 1. The van der Waals surface area contributed by atoms with Crippen LogP contribution in [0.4, 0.5) is 0 Å². The molecule has 0 spiro atoms. The molecule has 3 heterocycles. The molecule has 276 valence electrons. The number of aromatic amines is 1. The topological polar surface area (TPSA) is 126 Å². The molecule has 10 nitrogen and oxygen atoms in total. The van der Waals surface area contributed by atoms with Gasteiger partial charge in [0.25, 0.3) is 0 Å². The monoisotopic (exact) mass is 753 g/mol. The fourth-order valence-electron chi connectivity index (χ4n) is 6.45. The summed E-state index contributed by atoms with van der Waals surface area (Å²) in [7, 11) is 3.18. The Hall–Kier alpha value is -4.58. The van der Waals surface area contributed by atoms with E-state index in [0.717, 1.165) is 47.4 Å². The average Bonchev–Trinajstić information content (AvgIpc) is 3.75. The third kappa shape index (κ3) is 9.51. The summed E-state index contributed by atoms with van der Waals surface area (Å²) in [6, 6.07) is 20.4. The predicted octanol–water partition coefficient (Wildman–Crippen LogP) is 7.66. The number of methoxy groups -OCH3 is 2. The van der Waals surface area contributed by atoms with Crippen molar-refractivity contribution in [3.05, 3.63) is 112 Å². The standard InChI is InChI=1S/C41H45Cl2N7O3/c1-25(19-44-20-27-12-15-34-28(18-27)17-26(2)48-34)11-14-35(47-24-52-3)32-9-5-7-30(39(32)42)31-8-6-10-33(40(31)43)36-23-46-37(41(50-36)53-4)22-45-21-29-13-16-38(51)49-29/h5-12,14-15,17-18,23,25,29,44-45,48H,13,16,19-22,24H2,1-4H3,(H,49,51)/b14-11-,47-35?. The number of hydrogen-bond donors (Lipinski definition) is 4. The van der Waals surface area contributed by atoms with Crippen LogP contribution in [0.2, 0.25) is 10.0 Å². The van der Waals surface area contributed by atoms with Gasteiger partial charge in [0.2, 0.25) is 11.8 Å². The Balaban J connectivity index is 1.16. The first-order valence-corrected chi connectivity index (χ1v) is 18.5. The van der Waals surface area contributed by atoms with Crippen molar-refractivity contribution >= 4 is 45.7 Å². The van der Waals surface area contributed by atoms with E-state index in [9.17, 15) is 4.79 Å². The van der Waals surface area contributed by atoms with Gasteiger partial charge in [-0.15, -0.1) is 0 Å². The molecule has 1 aliphatic heterocycles. The molecule has 2 aromatic heterocycles. The van der Waals surface area contributed by atoms with E-state index < -0.39 is 0 Å². The zero-order chi connectivity index (χ0) is 37.3. The molecule has 0 radical (unpaired) electrons. The van der Waals surface area contributed by atoms with Gasteiger partial charge < -0.3 is 30.4 Å². The molecule has 3 aromatic carbocycles. The van der Waals surface area contributed by atoms with Gasteiger partial charge in [0.05, 0.1) is 34.8 Å². The Morgan fingerprint density at radius 2 is 1.83 bits per heavy atom. The second-order valence-corrected chi connectivity index (χ2v) is 14.0. The Morgan fingerprint density at radius 1 is 1.04 bits per heavy atom. The number of carbonyl (C=O) groups excluding carboxylic acids is 1. The number of aryl methyl sites for hydroxylation is 1. The van der Waals surface area contributed by atoms with Crippen molar-refractivity contribution in [3.63, 3.8) is 0 Å². The third-order valence-electron chi connectivity index (χ3n) is 9.17. The van der Waals surface area contributed by atoms with Gasteiger partial charge in [0.15, 0.2) is 0 Å². The van der Waals surface area contributed by atoms with Crippen LogP contribution in [0.5, 0.6) is 5.88 Å². The van der Waals surface area contributed by atoms with E-state index in [0.29, 0.717) is 58.1 Å². The van der Waals surface area contributed by atoms with Gasteiger partial charge >= 0.3 is 0 Å². The molecular formula is C41H45Cl2N7O3. The van der Waals surface area contributed by atoms with E-state index in [2.05, 4.69) is 70.1 Å². The van der Waals surface area contributed by atoms with E-state index in [-0.39, 0.29) is 24.6 Å². The first-order valence-electron chi connectivity index (χ1n) is 17.7. The lowest BCUT2D eigenvalue weighted by Crippen LogP contribution is -2.35. The van der Waals surface area contributed by atoms with Crippen molar-refractivity contribution in [2.45, 2.75) is 45.8 Å². The smallest absolute Gasteiger partial charge is 0.237 e. The van der Waals surface area contributed by atoms with E-state index in [1.165, 1.54) is 10.9 Å². The highest BCUT2D eigenvalue weighted by Gasteiger charge is 2.21. The first kappa shape index (κ1) is 38.2. The van der Waals surface area contributed by atoms with Gasteiger partial charge in [-0.05, 0) is 54.5 Å². The largest absolute Gasteiger partial charge is 0.480 e. The van der Waals surface area contributed by atoms with Crippen LogP contribution in [0.25, 0.3) is 33.3 Å². The molecule has 0 aliphatic carbocycles. The summed E-state index contributed by atoms with van der Waals surface area (Å²) in [5.74, 6) is 0.712. The Kier molecular flexibility index (Phi) is 12.9. The van der Waals surface area contributed by atoms with Gasteiger partial charge in [0, 0.05) is 79.2 Å². The number of H-pyrrole nitrogens is 1. The number of allylic oxidation sites excluding steroid dienone is 1. The third-order valence-corrected chi connectivity index (χ3v) is 9.99. The van der Waals surface area contributed by atoms with Crippen molar-refractivity contribution in [2.75, 3.05) is 34.0 Å². The minimum Gasteiger partial charge on any atom is -0.480 e. The minimum atomic E-state index is 0.0872. The van der Waals surface area contributed by atoms with E-state index in [1.807, 2.05) is 42.5 Å². The first-order chi connectivity index (χ1) is 25.7. The fraction of sp³-hybridized carbons (Fsp3) is 0.317. The van der Waals surface area contributed by atoms with Crippen molar-refractivity contribution in [1.82, 2.24) is 30.9 Å². The Bertz CT molecular complexity index is 2130. The summed E-state index contributed by atoms with van der Waals surface area (Å²) in [6.07, 6.45) is 7.21. The Labute approximate surface area is 320 Å². The lowest BCUT2D eigenvalue weighted by molar-refractivity contribution is -0.119. The maximum absolute atomic E-state index is 11.5. The molecule has 53 heavy (non-hydrogen) atoms. The van der Waals surface area contributed by atoms with Gasteiger partial charge in [-0.1, -0.05) is 78.7 Å². The number of rotatable bonds is 16. The van der Waals surface area contributed by atoms with Crippen LogP contribution in [-0.4, -0.2) is 66.7 Å². The number of nitrogens with one attached hydrogen (secondary N) is 4. The number of aliphatic imine (C=N–C) groups is 1. The highest BCUT2D eigenvalue weighted by molar-refractivity contribution is 6.40. The van der Waals surface area contributed by atoms with Crippen LogP contribution >= 0.6 is 23.2 Å². The predicted molar refractivity (Wildman–Crippen MR) is 214 cm³/mol. The molecule has 1 amide bonds. The van der Waals surface area contributed by atoms with Gasteiger partial charge in [0.1, 0.15) is 12.4 Å². The second kappa shape index (κ2) is 18.0. The summed E-state index contributed by atoms with van der Waals surface area (Å²) in [5.41, 5.74) is 8.47. The minimum absolute atomic E-state index is 0.0872. The highest BCUT2D eigenvalue weighted by atomic mass is 35.5. The van der Waals surface area contributed by atoms with Crippen LogP contribution in [0, 0.1) is 12.8 Å². The van der Waals surface area contributed by atoms with E-state index in [1.54, 1.807) is 20.4 Å². The number of benzene rings is 3. The average molecular weight is 755 g/mol. The van der Waals surface area contributed by atoms with Crippen molar-refractivity contribution < 1.29 is 14.3 Å². The summed E-state index contributed by atoms with van der Waals surface area (Å²) >= 11 is 14.3. The SMILES string of the molecule is COCN=C(/C=C\C(C)CNCc1ccc2[nH]c(C)cc2c1)c1cccc(-c2cccc(-c3cnc(CNCC4CCC(=O)N4)c(OC)n3)c2Cl)c1Cl. The molecule has 5 aromatic rings. The lowest BCUT2D eigenvalue weighted by atomic mass is 9.97. The van der Waals surface area contributed by atoms with Crippen LogP contribution in [-0.2, 0) is 22.6 Å². The lowest BCUT2D eigenvalue weighted by Gasteiger charge is -2.15. The van der Waals surface area contributed by atoms with Crippen molar-refractivity contribution in [1.29, 1.82) is 0 Å². The summed E-state index contributed by atoms with van der Waals surface area (Å²) in [5, 5.41) is 12.1. The molecule has 1 saturated heterocycles. The van der Waals surface area contributed by atoms with Gasteiger partial charge in [-0.3, -0.25) is 14.8 Å². The molecule has 1 fully saturated rings. The second-order valence-electron chi connectivity index (χ2n) is 13.3. The van der Waals surface area contributed by atoms with Crippen LogP contribution in [0.1, 0.15) is 42.3 Å². The van der Waals surface area contributed by atoms with E-state index >= 15 is 0 Å². The molecule has 12 heteroatoms. The zero-order valence-electron chi connectivity index (χ0n) is 30.4. The number of nitrogens with zero attached hydrogens (tertiary/aromatic N) is 3. The number of aromatic nitrogens is 3. The van der Waals surface area contributed by atoms with E-state index in [4.69, 9.17) is 42.7 Å². The molecule has 6 rings (SSSR count). The zero-order valence-corrected chi connectivity index (χ0v) is 31.9. The molecule has 4 N–H and O–H groups in total. The molecule has 0 saturated carbocycles. The molecular weight excluding hydrogens is 709 g/mol. The molecule has 1 aliphatic rings. The number of ether oxygens (including phenoxy) is 2. The van der Waals surface area contributed by atoms with Crippen molar-refractivity contribution in [3.8, 4) is 28.3 Å². The van der Waals surface area contributed by atoms with Crippen LogP contribution in [0.3, 0.4) is 0 Å². The van der Waals surface area contributed by atoms with Crippen LogP contribution < -0.4 is 20.7 Å². The maximum Gasteiger partial charge on any atom is 0.237 e. The number of hydrogen-bond acceptors (Lipinski definition) is 8. The highest BCUT2D eigenvalue weighted by Crippen LogP contribution is 2.40. The number of carbonyl (C=O) groups is 1. The molecule has 2 unspecified atom stereocenters. The van der Waals surface area contributed by atoms with Gasteiger partial charge in [-0.2, -0.15) is 0 Å². The number of amides is 1. The summed E-state index contributed by atoms with van der Waals surface area (Å²) in [4.78, 5) is 29.0. The maximum atomic E-state index is 11.5. The molecule has 0 bridgehead atoms. The van der Waals surface area contributed by atoms with Crippen molar-refractivity contribution in [2.24, 2.45) is 10.9 Å². The Morgan fingerprint density at radius 3 is 2.60 bits per heavy atom. The van der Waals surface area contributed by atoms with Gasteiger partial charge in [-0.25, -0.2) is 4.98 Å². The summed E-state index contributed by atoms with van der Waals surface area (Å²) < 4.78 is 10.9. The van der Waals surface area contributed by atoms with Crippen LogP contribution in [0.15, 0.2) is 84.0 Å². The fourth-order valence-corrected chi connectivity index (χ4v) is 7.10. The quantitative estimate of drug-likeness (QED) is 0.0763. The normalized spacial score (nSPS) is 15.4. The summed E-state index contributed by atoms with van der Waals surface area (Å²) in [6.45, 7) is 7.08. The number of halogens is 2. The molecule has 2 atom stereocenters.